The molecule has 0 aliphatic carbocycles. The first-order valence-electron chi connectivity index (χ1n) is 8.02. The number of rotatable bonds is 6. The Morgan fingerprint density at radius 1 is 1.00 bits per heavy atom. The van der Waals surface area contributed by atoms with Gasteiger partial charge in [-0.15, -0.1) is 0 Å². The summed E-state index contributed by atoms with van der Waals surface area (Å²) < 4.78 is 67.5. The summed E-state index contributed by atoms with van der Waals surface area (Å²) in [4.78, 5) is -0.780. The molecule has 0 atom stereocenters. The first-order valence-corrected chi connectivity index (χ1v) is 9.50. The fraction of sp³-hybridized carbons (Fsp3) is 0.167. The molecule has 3 rings (SSSR count). The number of benzene rings is 2. The number of hydrogen-bond donors (Lipinski definition) is 1. The zero-order valence-electron chi connectivity index (χ0n) is 14.0. The van der Waals surface area contributed by atoms with E-state index in [9.17, 15) is 21.6 Å². The lowest BCUT2D eigenvalue weighted by molar-refractivity contribution is -0.139. The van der Waals surface area contributed by atoms with Crippen LogP contribution in [0.25, 0.3) is 5.69 Å². The SMILES string of the molecule is O=S(=O)(NCCc1cnn(-c2ccccc2)c1)c1ccccc1C(F)(F)F. The van der Waals surface area contributed by atoms with E-state index in [1.807, 2.05) is 30.3 Å². The van der Waals surface area contributed by atoms with Gasteiger partial charge in [-0.1, -0.05) is 30.3 Å². The van der Waals surface area contributed by atoms with Crippen molar-refractivity contribution in [3.63, 3.8) is 0 Å². The zero-order chi connectivity index (χ0) is 19.5. The van der Waals surface area contributed by atoms with Crippen LogP contribution in [0.15, 0.2) is 71.9 Å². The quantitative estimate of drug-likeness (QED) is 0.696. The molecule has 0 saturated heterocycles. The van der Waals surface area contributed by atoms with Crippen LogP contribution < -0.4 is 4.72 Å². The summed E-state index contributed by atoms with van der Waals surface area (Å²) in [5.74, 6) is 0. The lowest BCUT2D eigenvalue weighted by atomic mass is 10.2. The summed E-state index contributed by atoms with van der Waals surface area (Å²) in [7, 11) is -4.29. The van der Waals surface area contributed by atoms with Crippen LogP contribution in [0.4, 0.5) is 13.2 Å². The van der Waals surface area contributed by atoms with Crippen LogP contribution in [0, 0.1) is 0 Å². The largest absolute Gasteiger partial charge is 0.417 e. The fourth-order valence-electron chi connectivity index (χ4n) is 2.55. The maximum absolute atomic E-state index is 13.0. The van der Waals surface area contributed by atoms with Gasteiger partial charge in [0.25, 0.3) is 0 Å². The van der Waals surface area contributed by atoms with Crippen molar-refractivity contribution in [3.8, 4) is 5.69 Å². The molecular weight excluding hydrogens is 379 g/mol. The van der Waals surface area contributed by atoms with Crippen molar-refractivity contribution in [1.29, 1.82) is 0 Å². The normalized spacial score (nSPS) is 12.3. The van der Waals surface area contributed by atoms with Crippen molar-refractivity contribution in [3.05, 3.63) is 78.1 Å². The summed E-state index contributed by atoms with van der Waals surface area (Å²) in [5.41, 5.74) is 0.420. The molecule has 0 saturated carbocycles. The number of para-hydroxylation sites is 1. The number of halogens is 3. The first kappa shape index (κ1) is 19.1. The highest BCUT2D eigenvalue weighted by Gasteiger charge is 2.36. The van der Waals surface area contributed by atoms with Crippen molar-refractivity contribution >= 4 is 10.0 Å². The number of aromatic nitrogens is 2. The summed E-state index contributed by atoms with van der Waals surface area (Å²) >= 11 is 0. The van der Waals surface area contributed by atoms with E-state index in [1.54, 1.807) is 17.1 Å². The Morgan fingerprint density at radius 2 is 1.67 bits per heavy atom. The minimum Gasteiger partial charge on any atom is -0.241 e. The standard InChI is InChI=1S/C18H16F3N3O2S/c19-18(20,21)16-8-4-5-9-17(16)27(25,26)23-11-10-14-12-22-24(13-14)15-6-2-1-3-7-15/h1-9,12-13,23H,10-11H2. The molecule has 0 fully saturated rings. The van der Waals surface area contributed by atoms with Crippen molar-refractivity contribution < 1.29 is 21.6 Å². The molecule has 5 nitrogen and oxygen atoms in total. The Balaban J connectivity index is 1.68. The van der Waals surface area contributed by atoms with Crippen LogP contribution in [0.1, 0.15) is 11.1 Å². The Labute approximate surface area is 154 Å². The van der Waals surface area contributed by atoms with Gasteiger partial charge >= 0.3 is 6.18 Å². The second kappa shape index (κ2) is 7.53. The molecule has 1 aromatic heterocycles. The molecule has 0 spiro atoms. The van der Waals surface area contributed by atoms with Crippen LogP contribution >= 0.6 is 0 Å². The molecule has 0 bridgehead atoms. The first-order chi connectivity index (χ1) is 12.8. The maximum atomic E-state index is 13.0. The molecule has 0 aliphatic heterocycles. The summed E-state index contributed by atoms with van der Waals surface area (Å²) in [6.45, 7) is -0.0466. The van der Waals surface area contributed by atoms with E-state index in [0.29, 0.717) is 6.42 Å². The average molecular weight is 395 g/mol. The molecular formula is C18H16F3N3O2S. The molecule has 27 heavy (non-hydrogen) atoms. The third-order valence-corrected chi connectivity index (χ3v) is 5.36. The summed E-state index contributed by atoms with van der Waals surface area (Å²) in [5, 5.41) is 4.20. The van der Waals surface area contributed by atoms with E-state index in [4.69, 9.17) is 0 Å². The third-order valence-electron chi connectivity index (χ3n) is 3.84. The Kier molecular flexibility index (Phi) is 5.33. The zero-order valence-corrected chi connectivity index (χ0v) is 14.8. The Bertz CT molecular complexity index is 1020. The van der Waals surface area contributed by atoms with Gasteiger partial charge in [-0.25, -0.2) is 17.8 Å². The predicted octanol–water partition coefficient (Wildman–Crippen LogP) is 3.41. The van der Waals surface area contributed by atoms with Gasteiger partial charge in [-0.2, -0.15) is 18.3 Å². The van der Waals surface area contributed by atoms with E-state index in [2.05, 4.69) is 9.82 Å². The minimum atomic E-state index is -4.75. The van der Waals surface area contributed by atoms with Crippen LogP contribution in [-0.2, 0) is 22.6 Å². The topological polar surface area (TPSA) is 64.0 Å². The monoisotopic (exact) mass is 395 g/mol. The number of nitrogens with zero attached hydrogens (tertiary/aromatic N) is 2. The molecule has 1 N–H and O–H groups in total. The highest BCUT2D eigenvalue weighted by molar-refractivity contribution is 7.89. The van der Waals surface area contributed by atoms with E-state index in [1.165, 1.54) is 6.07 Å². The highest BCUT2D eigenvalue weighted by Crippen LogP contribution is 2.33. The van der Waals surface area contributed by atoms with Gasteiger partial charge in [0.2, 0.25) is 10.0 Å². The van der Waals surface area contributed by atoms with Crippen LogP contribution in [-0.4, -0.2) is 24.7 Å². The van der Waals surface area contributed by atoms with Gasteiger partial charge < -0.3 is 0 Å². The molecule has 142 valence electrons. The van der Waals surface area contributed by atoms with Gasteiger partial charge in [0.05, 0.1) is 22.3 Å². The smallest absolute Gasteiger partial charge is 0.241 e. The highest BCUT2D eigenvalue weighted by atomic mass is 32.2. The molecule has 1 heterocycles. The van der Waals surface area contributed by atoms with Crippen molar-refractivity contribution in [2.24, 2.45) is 0 Å². The third kappa shape index (κ3) is 4.55. The van der Waals surface area contributed by atoms with E-state index >= 15 is 0 Å². The van der Waals surface area contributed by atoms with Crippen LogP contribution in [0.3, 0.4) is 0 Å². The molecule has 0 radical (unpaired) electrons. The summed E-state index contributed by atoms with van der Waals surface area (Å²) in [6, 6.07) is 13.4. The van der Waals surface area contributed by atoms with Crippen molar-refractivity contribution in [2.45, 2.75) is 17.5 Å². The van der Waals surface area contributed by atoms with Crippen molar-refractivity contribution in [1.82, 2.24) is 14.5 Å². The molecule has 2 aromatic carbocycles. The maximum Gasteiger partial charge on any atom is 0.417 e. The van der Waals surface area contributed by atoms with E-state index < -0.39 is 26.7 Å². The van der Waals surface area contributed by atoms with Gasteiger partial charge in [0.1, 0.15) is 0 Å². The van der Waals surface area contributed by atoms with E-state index in [0.717, 1.165) is 29.4 Å². The second-order valence-electron chi connectivity index (χ2n) is 5.77. The molecule has 3 aromatic rings. The molecule has 0 aliphatic rings. The summed E-state index contributed by atoms with van der Waals surface area (Å²) in [6.07, 6.45) is -1.12. The Hall–Kier alpha value is -2.65. The van der Waals surface area contributed by atoms with Gasteiger partial charge in [-0.05, 0) is 36.2 Å². The van der Waals surface area contributed by atoms with Gasteiger partial charge in [0, 0.05) is 12.7 Å². The number of nitrogens with one attached hydrogen (secondary N) is 1. The van der Waals surface area contributed by atoms with E-state index in [-0.39, 0.29) is 6.54 Å². The average Bonchev–Trinajstić information content (AvgIpc) is 3.10. The fourth-order valence-corrected chi connectivity index (χ4v) is 3.81. The lowest BCUT2D eigenvalue weighted by Gasteiger charge is -2.13. The van der Waals surface area contributed by atoms with Gasteiger partial charge in [-0.3, -0.25) is 0 Å². The molecule has 0 unspecified atom stereocenters. The Morgan fingerprint density at radius 3 is 2.37 bits per heavy atom. The number of hydrogen-bond acceptors (Lipinski definition) is 3. The second-order valence-corrected chi connectivity index (χ2v) is 7.51. The number of alkyl halides is 3. The van der Waals surface area contributed by atoms with Crippen LogP contribution in [0.5, 0.6) is 0 Å². The minimum absolute atomic E-state index is 0.0466. The molecule has 9 heteroatoms. The van der Waals surface area contributed by atoms with Crippen molar-refractivity contribution in [2.75, 3.05) is 6.54 Å². The number of sulfonamides is 1. The predicted molar refractivity (Wildman–Crippen MR) is 93.9 cm³/mol. The van der Waals surface area contributed by atoms with Crippen LogP contribution in [0.2, 0.25) is 0 Å². The van der Waals surface area contributed by atoms with Gasteiger partial charge in [0.15, 0.2) is 0 Å². The lowest BCUT2D eigenvalue weighted by Crippen LogP contribution is -2.28. The molecule has 0 amide bonds.